The number of ether oxygens (including phenoxy) is 4. The van der Waals surface area contributed by atoms with Gasteiger partial charge in [-0.15, -0.1) is 0 Å². The van der Waals surface area contributed by atoms with Crippen LogP contribution in [0.2, 0.25) is 0 Å². The van der Waals surface area contributed by atoms with Crippen molar-refractivity contribution < 1.29 is 39.4 Å². The lowest BCUT2D eigenvalue weighted by atomic mass is 9.99. The largest absolute Gasteiger partial charge is 0.493 e. The number of aliphatic hydroxyl groups is 4. The Kier molecular flexibility index (Phi) is 7.69. The van der Waals surface area contributed by atoms with Crippen molar-refractivity contribution in [3.63, 3.8) is 0 Å². The predicted octanol–water partition coefficient (Wildman–Crippen LogP) is 0.947. The minimum atomic E-state index is -1.62. The Morgan fingerprint density at radius 1 is 1.03 bits per heavy atom. The molecule has 1 aliphatic rings. The first kappa shape index (κ1) is 23.5. The van der Waals surface area contributed by atoms with Gasteiger partial charge in [0.15, 0.2) is 23.9 Å². The normalized spacial score (nSPS) is 25.7. The number of rotatable bonds is 7. The molecule has 0 radical (unpaired) electrons. The van der Waals surface area contributed by atoms with Crippen LogP contribution in [-0.4, -0.2) is 72.0 Å². The quantitative estimate of drug-likeness (QED) is 0.363. The zero-order chi connectivity index (χ0) is 23.3. The van der Waals surface area contributed by atoms with Crippen molar-refractivity contribution in [3.05, 3.63) is 53.6 Å². The second-order valence-corrected chi connectivity index (χ2v) is 7.12. The first-order valence-corrected chi connectivity index (χ1v) is 9.83. The van der Waals surface area contributed by atoms with Gasteiger partial charge in [-0.05, 0) is 47.5 Å². The summed E-state index contributed by atoms with van der Waals surface area (Å²) in [5.74, 6) is 1.41. The van der Waals surface area contributed by atoms with Crippen LogP contribution >= 0.6 is 0 Å². The van der Waals surface area contributed by atoms with Gasteiger partial charge in [-0.2, -0.15) is 5.26 Å². The molecule has 0 bridgehead atoms. The fourth-order valence-electron chi connectivity index (χ4n) is 3.36. The highest BCUT2D eigenvalue weighted by Gasteiger charge is 2.45. The Hall–Kier alpha value is -3.13. The van der Waals surface area contributed by atoms with Gasteiger partial charge >= 0.3 is 0 Å². The Bertz CT molecular complexity index is 982. The van der Waals surface area contributed by atoms with Crippen molar-refractivity contribution in [1.82, 2.24) is 0 Å². The van der Waals surface area contributed by atoms with Crippen molar-refractivity contribution in [2.45, 2.75) is 30.7 Å². The van der Waals surface area contributed by atoms with Gasteiger partial charge in [0.25, 0.3) is 0 Å². The van der Waals surface area contributed by atoms with Crippen LogP contribution in [0.4, 0.5) is 0 Å². The van der Waals surface area contributed by atoms with Crippen LogP contribution < -0.4 is 14.2 Å². The highest BCUT2D eigenvalue weighted by molar-refractivity contribution is 5.90. The van der Waals surface area contributed by atoms with Crippen LogP contribution in [0.3, 0.4) is 0 Å². The highest BCUT2D eigenvalue weighted by Crippen LogP contribution is 2.31. The van der Waals surface area contributed by atoms with Crippen LogP contribution in [0.1, 0.15) is 11.1 Å². The van der Waals surface area contributed by atoms with Crippen LogP contribution in [0, 0.1) is 11.3 Å². The zero-order valence-electron chi connectivity index (χ0n) is 17.6. The molecule has 9 nitrogen and oxygen atoms in total. The molecular formula is C23H25NO8. The molecule has 9 heteroatoms. The summed E-state index contributed by atoms with van der Waals surface area (Å²) in [4.78, 5) is 0. The van der Waals surface area contributed by atoms with E-state index < -0.39 is 37.3 Å². The summed E-state index contributed by atoms with van der Waals surface area (Å²) in [5.41, 5.74) is 1.79. The van der Waals surface area contributed by atoms with Crippen LogP contribution in [0.15, 0.2) is 42.5 Å². The summed E-state index contributed by atoms with van der Waals surface area (Å²) >= 11 is 0. The van der Waals surface area contributed by atoms with Gasteiger partial charge in [0.05, 0.1) is 32.5 Å². The monoisotopic (exact) mass is 443 g/mol. The molecule has 0 spiro atoms. The molecule has 2 aromatic rings. The van der Waals surface area contributed by atoms with Crippen molar-refractivity contribution in [2.75, 3.05) is 20.8 Å². The van der Waals surface area contributed by atoms with E-state index in [1.54, 1.807) is 48.5 Å². The van der Waals surface area contributed by atoms with Crippen LogP contribution in [0.5, 0.6) is 17.2 Å². The third-order valence-electron chi connectivity index (χ3n) is 5.12. The molecule has 1 heterocycles. The molecule has 2 aromatic carbocycles. The van der Waals surface area contributed by atoms with Gasteiger partial charge in [0, 0.05) is 0 Å². The first-order chi connectivity index (χ1) is 15.4. The maximum atomic E-state index is 10.2. The van der Waals surface area contributed by atoms with E-state index in [1.807, 2.05) is 0 Å². The average Bonchev–Trinajstić information content (AvgIpc) is 2.83. The highest BCUT2D eigenvalue weighted by atomic mass is 16.7. The second-order valence-electron chi connectivity index (χ2n) is 7.12. The van der Waals surface area contributed by atoms with Crippen LogP contribution in [-0.2, 0) is 4.74 Å². The molecule has 0 aromatic heterocycles. The number of aliphatic hydroxyl groups excluding tert-OH is 4. The number of hydrogen-bond donors (Lipinski definition) is 4. The lowest BCUT2D eigenvalue weighted by Crippen LogP contribution is -2.60. The number of nitriles is 1. The van der Waals surface area contributed by atoms with Gasteiger partial charge in [0.2, 0.25) is 0 Å². The Morgan fingerprint density at radius 2 is 1.72 bits per heavy atom. The molecular weight excluding hydrogens is 418 g/mol. The summed E-state index contributed by atoms with van der Waals surface area (Å²) in [7, 11) is 3.05. The molecule has 1 aliphatic heterocycles. The van der Waals surface area contributed by atoms with Gasteiger partial charge < -0.3 is 39.4 Å². The lowest BCUT2D eigenvalue weighted by molar-refractivity contribution is -0.282. The zero-order valence-corrected chi connectivity index (χ0v) is 17.6. The van der Waals surface area contributed by atoms with E-state index in [1.165, 1.54) is 14.2 Å². The fraction of sp³-hybridized carbons (Fsp3) is 0.348. The van der Waals surface area contributed by atoms with E-state index in [0.29, 0.717) is 28.4 Å². The molecule has 1 fully saturated rings. The first-order valence-electron chi connectivity index (χ1n) is 9.83. The summed E-state index contributed by atoms with van der Waals surface area (Å²) < 4.78 is 21.3. The molecule has 32 heavy (non-hydrogen) atoms. The number of allylic oxidation sites excluding steroid dienone is 1. The summed E-state index contributed by atoms with van der Waals surface area (Å²) in [6.45, 7) is -0.511. The van der Waals surface area contributed by atoms with Crippen molar-refractivity contribution >= 4 is 11.6 Å². The summed E-state index contributed by atoms with van der Waals surface area (Å²) in [5, 5.41) is 48.6. The maximum Gasteiger partial charge on any atom is 0.184 e. The van der Waals surface area contributed by atoms with Crippen LogP contribution in [0.25, 0.3) is 11.6 Å². The molecule has 4 N–H and O–H groups in total. The van der Waals surface area contributed by atoms with Crippen molar-refractivity contribution in [1.29, 1.82) is 5.26 Å². The van der Waals surface area contributed by atoms with E-state index in [2.05, 4.69) is 6.07 Å². The predicted molar refractivity (Wildman–Crippen MR) is 114 cm³/mol. The minimum absolute atomic E-state index is 0.349. The standard InChI is InChI=1S/C23H25NO8/c1-29-17-8-5-14(10-18(17)30-2)15(11-24)9-13-3-6-16(7-4-13)31-22-19(12-25)32-23(28)21(27)20(22)26/h3-10,19-23,25-28H,12H2,1-2H3/b15-9+. The SMILES string of the molecule is COc1ccc(/C(C#N)=C/c2ccc(OC3C(CO)OC(O)C(O)C3O)cc2)cc1OC. The van der Waals surface area contributed by atoms with Gasteiger partial charge in [-0.3, -0.25) is 0 Å². The molecule has 5 atom stereocenters. The van der Waals surface area contributed by atoms with E-state index in [9.17, 15) is 25.7 Å². The van der Waals surface area contributed by atoms with Gasteiger partial charge in [-0.1, -0.05) is 12.1 Å². The topological polar surface area (TPSA) is 142 Å². The molecule has 0 amide bonds. The van der Waals surface area contributed by atoms with E-state index >= 15 is 0 Å². The Morgan fingerprint density at radius 3 is 2.31 bits per heavy atom. The smallest absolute Gasteiger partial charge is 0.184 e. The van der Waals surface area contributed by atoms with E-state index in [0.717, 1.165) is 5.56 Å². The molecule has 170 valence electrons. The minimum Gasteiger partial charge on any atom is -0.493 e. The Balaban J connectivity index is 1.79. The van der Waals surface area contributed by atoms with Crippen molar-refractivity contribution in [2.24, 2.45) is 0 Å². The third-order valence-corrected chi connectivity index (χ3v) is 5.12. The maximum absolute atomic E-state index is 10.2. The van der Waals surface area contributed by atoms with Gasteiger partial charge in [-0.25, -0.2) is 0 Å². The summed E-state index contributed by atoms with van der Waals surface area (Å²) in [6.07, 6.45) is -5.04. The second kappa shape index (κ2) is 10.5. The number of hydrogen-bond acceptors (Lipinski definition) is 9. The average molecular weight is 443 g/mol. The van der Waals surface area contributed by atoms with Crippen molar-refractivity contribution in [3.8, 4) is 23.3 Å². The lowest BCUT2D eigenvalue weighted by Gasteiger charge is -2.40. The van der Waals surface area contributed by atoms with E-state index in [-0.39, 0.29) is 0 Å². The third kappa shape index (κ3) is 5.02. The molecule has 0 saturated carbocycles. The fourth-order valence-corrected chi connectivity index (χ4v) is 3.36. The van der Waals surface area contributed by atoms with Gasteiger partial charge in [0.1, 0.15) is 24.1 Å². The summed E-state index contributed by atoms with van der Waals surface area (Å²) in [6, 6.07) is 14.0. The van der Waals surface area contributed by atoms with E-state index in [4.69, 9.17) is 18.9 Å². The number of methoxy groups -OCH3 is 2. The number of nitrogens with zero attached hydrogens (tertiary/aromatic N) is 1. The Labute approximate surface area is 185 Å². The molecule has 5 unspecified atom stereocenters. The molecule has 3 rings (SSSR count). The molecule has 0 aliphatic carbocycles. The number of benzene rings is 2. The molecule has 1 saturated heterocycles.